The van der Waals surface area contributed by atoms with Crippen LogP contribution < -0.4 is 5.32 Å². The molecule has 5 heteroatoms. The summed E-state index contributed by atoms with van der Waals surface area (Å²) in [5, 5.41) is 11.9. The molecule has 1 atom stereocenters. The van der Waals surface area contributed by atoms with E-state index < -0.39 is 0 Å². The minimum atomic E-state index is -0.266. The molecule has 0 aromatic carbocycles. The molecule has 1 heterocycles. The van der Waals surface area contributed by atoms with Crippen LogP contribution in [-0.4, -0.2) is 29.1 Å². The number of pyridine rings is 1. The highest BCUT2D eigenvalue weighted by Gasteiger charge is 2.11. The minimum absolute atomic E-state index is 0.0288. The Bertz CT molecular complexity index is 382. The summed E-state index contributed by atoms with van der Waals surface area (Å²) in [6, 6.07) is 1.64. The lowest BCUT2D eigenvalue weighted by atomic mass is 10.2. The monoisotopic (exact) mass is 242 g/mol. The van der Waals surface area contributed by atoms with E-state index in [2.05, 4.69) is 10.3 Å². The molecule has 0 aliphatic rings. The highest BCUT2D eigenvalue weighted by molar-refractivity contribution is 6.33. The second kappa shape index (κ2) is 5.82. The molecule has 0 fully saturated rings. The number of aromatic nitrogens is 1. The third kappa shape index (κ3) is 3.47. The number of aryl methyl sites for hydroxylation is 1. The largest absolute Gasteiger partial charge is 0.396 e. The second-order valence-electron chi connectivity index (χ2n) is 3.80. The zero-order valence-electron chi connectivity index (χ0n) is 9.33. The zero-order chi connectivity index (χ0) is 12.1. The lowest BCUT2D eigenvalue weighted by Crippen LogP contribution is -2.29. The highest BCUT2D eigenvalue weighted by atomic mass is 35.5. The first-order valence-electron chi connectivity index (χ1n) is 5.05. The molecule has 0 aliphatic carbocycles. The van der Waals surface area contributed by atoms with Gasteiger partial charge < -0.3 is 10.4 Å². The van der Waals surface area contributed by atoms with Crippen molar-refractivity contribution in [3.8, 4) is 0 Å². The maximum absolute atomic E-state index is 11.7. The lowest BCUT2D eigenvalue weighted by Gasteiger charge is -2.10. The van der Waals surface area contributed by atoms with Crippen LogP contribution in [0.1, 0.15) is 23.0 Å². The number of rotatable bonds is 4. The van der Waals surface area contributed by atoms with Crippen LogP contribution in [0.15, 0.2) is 12.3 Å². The number of nitrogens with zero attached hydrogens (tertiary/aromatic N) is 1. The molecular weight excluding hydrogens is 228 g/mol. The summed E-state index contributed by atoms with van der Waals surface area (Å²) in [4.78, 5) is 15.7. The quantitative estimate of drug-likeness (QED) is 0.839. The second-order valence-corrected chi connectivity index (χ2v) is 4.21. The fourth-order valence-electron chi connectivity index (χ4n) is 1.12. The van der Waals surface area contributed by atoms with Crippen molar-refractivity contribution in [3.63, 3.8) is 0 Å². The standard InChI is InChI=1S/C11H15ClN2O2/c1-7(6-15)4-14-11(16)9-5-13-8(2)3-10(9)12/h3,5,7,15H,4,6H2,1-2H3,(H,14,16). The first-order valence-corrected chi connectivity index (χ1v) is 5.43. The number of aliphatic hydroxyl groups is 1. The molecule has 1 aromatic rings. The van der Waals surface area contributed by atoms with E-state index in [-0.39, 0.29) is 18.4 Å². The number of hydrogen-bond donors (Lipinski definition) is 2. The van der Waals surface area contributed by atoms with E-state index in [0.29, 0.717) is 17.1 Å². The van der Waals surface area contributed by atoms with Gasteiger partial charge in [0, 0.05) is 25.0 Å². The normalized spacial score (nSPS) is 12.2. The van der Waals surface area contributed by atoms with Gasteiger partial charge in [0.1, 0.15) is 0 Å². The van der Waals surface area contributed by atoms with Gasteiger partial charge >= 0.3 is 0 Å². The number of aliphatic hydroxyl groups excluding tert-OH is 1. The molecule has 16 heavy (non-hydrogen) atoms. The van der Waals surface area contributed by atoms with Crippen LogP contribution in [0.5, 0.6) is 0 Å². The van der Waals surface area contributed by atoms with Crippen molar-refractivity contribution >= 4 is 17.5 Å². The predicted octanol–water partition coefficient (Wildman–Crippen LogP) is 1.40. The molecule has 88 valence electrons. The topological polar surface area (TPSA) is 62.2 Å². The van der Waals surface area contributed by atoms with Gasteiger partial charge in [-0.1, -0.05) is 18.5 Å². The third-order valence-corrected chi connectivity index (χ3v) is 2.47. The molecule has 2 N–H and O–H groups in total. The fourth-order valence-corrected chi connectivity index (χ4v) is 1.41. The molecule has 0 radical (unpaired) electrons. The molecule has 1 amide bonds. The smallest absolute Gasteiger partial charge is 0.254 e. The van der Waals surface area contributed by atoms with E-state index in [1.54, 1.807) is 13.0 Å². The lowest BCUT2D eigenvalue weighted by molar-refractivity contribution is 0.0942. The van der Waals surface area contributed by atoms with E-state index in [0.717, 1.165) is 5.69 Å². The zero-order valence-corrected chi connectivity index (χ0v) is 10.1. The Morgan fingerprint density at radius 2 is 2.38 bits per heavy atom. The van der Waals surface area contributed by atoms with Crippen LogP contribution in [0.25, 0.3) is 0 Å². The van der Waals surface area contributed by atoms with Gasteiger partial charge in [0.05, 0.1) is 10.6 Å². The Kier molecular flexibility index (Phi) is 4.71. The highest BCUT2D eigenvalue weighted by Crippen LogP contribution is 2.15. The Morgan fingerprint density at radius 1 is 1.69 bits per heavy atom. The van der Waals surface area contributed by atoms with E-state index in [1.807, 2.05) is 6.92 Å². The number of carbonyl (C=O) groups is 1. The molecule has 0 saturated carbocycles. The van der Waals surface area contributed by atoms with Gasteiger partial charge in [-0.2, -0.15) is 0 Å². The molecule has 1 unspecified atom stereocenters. The van der Waals surface area contributed by atoms with Gasteiger partial charge in [0.25, 0.3) is 5.91 Å². The average Bonchev–Trinajstić information content (AvgIpc) is 2.25. The molecule has 0 bridgehead atoms. The number of carbonyl (C=O) groups excluding carboxylic acids is 1. The molecule has 4 nitrogen and oxygen atoms in total. The number of amides is 1. The molecule has 0 saturated heterocycles. The number of hydrogen-bond acceptors (Lipinski definition) is 3. The molecule has 1 aromatic heterocycles. The van der Waals surface area contributed by atoms with E-state index >= 15 is 0 Å². The molecule has 1 rings (SSSR count). The maximum atomic E-state index is 11.7. The fraction of sp³-hybridized carbons (Fsp3) is 0.455. The molecular formula is C11H15ClN2O2. The first-order chi connectivity index (χ1) is 7.54. The van der Waals surface area contributed by atoms with Crippen LogP contribution in [-0.2, 0) is 0 Å². The van der Waals surface area contributed by atoms with Crippen LogP contribution in [0.3, 0.4) is 0 Å². The first kappa shape index (κ1) is 12.9. The molecule has 0 spiro atoms. The average molecular weight is 243 g/mol. The van der Waals surface area contributed by atoms with E-state index in [1.165, 1.54) is 6.20 Å². The van der Waals surface area contributed by atoms with Gasteiger partial charge in [0.2, 0.25) is 0 Å². The molecule has 0 aliphatic heterocycles. The Hall–Kier alpha value is -1.13. The minimum Gasteiger partial charge on any atom is -0.396 e. The summed E-state index contributed by atoms with van der Waals surface area (Å²) in [6.07, 6.45) is 1.45. The van der Waals surface area contributed by atoms with Crippen molar-refractivity contribution in [2.75, 3.05) is 13.2 Å². The van der Waals surface area contributed by atoms with E-state index in [9.17, 15) is 4.79 Å². The SMILES string of the molecule is Cc1cc(Cl)c(C(=O)NCC(C)CO)cn1. The van der Waals surface area contributed by atoms with Crippen LogP contribution >= 0.6 is 11.6 Å². The summed E-state index contributed by atoms with van der Waals surface area (Å²) < 4.78 is 0. The maximum Gasteiger partial charge on any atom is 0.254 e. The van der Waals surface area contributed by atoms with Crippen molar-refractivity contribution in [1.82, 2.24) is 10.3 Å². The third-order valence-electron chi connectivity index (χ3n) is 2.16. The summed E-state index contributed by atoms with van der Waals surface area (Å²) in [5.41, 5.74) is 1.13. The van der Waals surface area contributed by atoms with Crippen LogP contribution in [0.4, 0.5) is 0 Å². The van der Waals surface area contributed by atoms with Gasteiger partial charge in [-0.15, -0.1) is 0 Å². The van der Waals surface area contributed by atoms with Crippen molar-refractivity contribution in [1.29, 1.82) is 0 Å². The number of nitrogens with one attached hydrogen (secondary N) is 1. The Balaban J connectivity index is 2.66. The van der Waals surface area contributed by atoms with Crippen LogP contribution in [0.2, 0.25) is 5.02 Å². The van der Waals surface area contributed by atoms with Gasteiger partial charge in [0.15, 0.2) is 0 Å². The van der Waals surface area contributed by atoms with Gasteiger partial charge in [-0.05, 0) is 18.9 Å². The van der Waals surface area contributed by atoms with Gasteiger partial charge in [-0.25, -0.2) is 0 Å². The van der Waals surface area contributed by atoms with Gasteiger partial charge in [-0.3, -0.25) is 9.78 Å². The summed E-state index contributed by atoms with van der Waals surface area (Å²) in [5.74, 6) is -0.237. The number of halogens is 1. The summed E-state index contributed by atoms with van der Waals surface area (Å²) in [7, 11) is 0. The van der Waals surface area contributed by atoms with Crippen molar-refractivity contribution < 1.29 is 9.90 Å². The van der Waals surface area contributed by atoms with Crippen LogP contribution in [0, 0.1) is 12.8 Å². The van der Waals surface area contributed by atoms with Crippen molar-refractivity contribution in [2.45, 2.75) is 13.8 Å². The van der Waals surface area contributed by atoms with Crippen molar-refractivity contribution in [3.05, 3.63) is 28.5 Å². The van der Waals surface area contributed by atoms with E-state index in [4.69, 9.17) is 16.7 Å². The summed E-state index contributed by atoms with van der Waals surface area (Å²) >= 11 is 5.92. The predicted molar refractivity (Wildman–Crippen MR) is 62.6 cm³/mol. The summed E-state index contributed by atoms with van der Waals surface area (Å²) in [6.45, 7) is 4.11. The van der Waals surface area contributed by atoms with Crippen molar-refractivity contribution in [2.24, 2.45) is 5.92 Å². The Labute approximate surface area is 99.6 Å². The Morgan fingerprint density at radius 3 is 2.94 bits per heavy atom.